The number of aliphatic hydroxyl groups is 1. The predicted molar refractivity (Wildman–Crippen MR) is 81.2 cm³/mol. The molecule has 2 aromatic rings. The minimum Gasteiger partial charge on any atom is -0.506 e. The van der Waals surface area contributed by atoms with Crippen LogP contribution in [0.25, 0.3) is 0 Å². The molecule has 0 aliphatic carbocycles. The van der Waals surface area contributed by atoms with Gasteiger partial charge in [0.05, 0.1) is 12.3 Å². The molecule has 0 unspecified atom stereocenters. The van der Waals surface area contributed by atoms with Gasteiger partial charge in [-0.2, -0.15) is 0 Å². The Kier molecular flexibility index (Phi) is 5.11. The van der Waals surface area contributed by atoms with Crippen molar-refractivity contribution in [1.82, 2.24) is 10.3 Å². The van der Waals surface area contributed by atoms with E-state index < -0.39 is 0 Å². The summed E-state index contributed by atoms with van der Waals surface area (Å²) in [4.78, 5) is 4.04. The first kappa shape index (κ1) is 15.0. The standard InChI is InChI=1S/C15H17BrN2O2/c1-10-15(20)14(12(9-19)7-18-10)8-17-6-11-2-4-13(16)5-3-11/h2-5,7,17,19-20H,6,8-9H2,1H3. The molecular weight excluding hydrogens is 320 g/mol. The molecule has 0 saturated carbocycles. The van der Waals surface area contributed by atoms with Gasteiger partial charge in [-0.3, -0.25) is 4.98 Å². The van der Waals surface area contributed by atoms with Crippen LogP contribution in [0.2, 0.25) is 0 Å². The average molecular weight is 337 g/mol. The lowest BCUT2D eigenvalue weighted by Gasteiger charge is -2.12. The summed E-state index contributed by atoms with van der Waals surface area (Å²) in [6.07, 6.45) is 1.60. The van der Waals surface area contributed by atoms with Crippen molar-refractivity contribution in [1.29, 1.82) is 0 Å². The highest BCUT2D eigenvalue weighted by atomic mass is 79.9. The van der Waals surface area contributed by atoms with Gasteiger partial charge in [-0.1, -0.05) is 28.1 Å². The monoisotopic (exact) mass is 336 g/mol. The van der Waals surface area contributed by atoms with E-state index in [4.69, 9.17) is 0 Å². The second kappa shape index (κ2) is 6.83. The molecule has 4 nitrogen and oxygen atoms in total. The van der Waals surface area contributed by atoms with Gasteiger partial charge < -0.3 is 15.5 Å². The molecule has 5 heteroatoms. The summed E-state index contributed by atoms with van der Waals surface area (Å²) in [5.74, 6) is 0.153. The van der Waals surface area contributed by atoms with E-state index in [0.717, 1.165) is 10.0 Å². The number of halogens is 1. The van der Waals surface area contributed by atoms with Gasteiger partial charge in [0, 0.05) is 34.9 Å². The molecule has 0 saturated heterocycles. The van der Waals surface area contributed by atoms with Crippen LogP contribution in [0.5, 0.6) is 5.75 Å². The zero-order valence-electron chi connectivity index (χ0n) is 11.2. The van der Waals surface area contributed by atoms with Crippen LogP contribution in [-0.4, -0.2) is 15.2 Å². The maximum atomic E-state index is 10.0. The quantitative estimate of drug-likeness (QED) is 0.785. The Hall–Kier alpha value is -1.43. The highest BCUT2D eigenvalue weighted by molar-refractivity contribution is 9.10. The molecule has 0 spiro atoms. The largest absolute Gasteiger partial charge is 0.506 e. The van der Waals surface area contributed by atoms with Crippen molar-refractivity contribution in [3.63, 3.8) is 0 Å². The number of aromatic nitrogens is 1. The smallest absolute Gasteiger partial charge is 0.141 e. The molecule has 0 atom stereocenters. The maximum Gasteiger partial charge on any atom is 0.141 e. The highest BCUT2D eigenvalue weighted by Crippen LogP contribution is 2.23. The minimum absolute atomic E-state index is 0.129. The second-order valence-electron chi connectivity index (χ2n) is 4.58. The molecule has 0 aliphatic heterocycles. The topological polar surface area (TPSA) is 65.4 Å². The number of pyridine rings is 1. The summed E-state index contributed by atoms with van der Waals surface area (Å²) in [5.41, 5.74) is 3.08. The third-order valence-corrected chi connectivity index (χ3v) is 3.67. The Morgan fingerprint density at radius 1 is 1.20 bits per heavy atom. The Balaban J connectivity index is 2.03. The Bertz CT molecular complexity index is 585. The molecule has 1 heterocycles. The molecule has 0 amide bonds. The SMILES string of the molecule is Cc1ncc(CO)c(CNCc2ccc(Br)cc2)c1O. The van der Waals surface area contributed by atoms with Gasteiger partial charge in [0.1, 0.15) is 5.75 Å². The van der Waals surface area contributed by atoms with Gasteiger partial charge in [0.15, 0.2) is 0 Å². The summed E-state index contributed by atoms with van der Waals surface area (Å²) in [6.45, 7) is 2.80. The van der Waals surface area contributed by atoms with Crippen LogP contribution >= 0.6 is 15.9 Å². The highest BCUT2D eigenvalue weighted by Gasteiger charge is 2.10. The van der Waals surface area contributed by atoms with E-state index in [0.29, 0.717) is 29.9 Å². The fourth-order valence-corrected chi connectivity index (χ4v) is 2.22. The number of hydrogen-bond acceptors (Lipinski definition) is 4. The number of nitrogens with zero attached hydrogens (tertiary/aromatic N) is 1. The molecule has 0 radical (unpaired) electrons. The van der Waals surface area contributed by atoms with E-state index in [1.54, 1.807) is 13.1 Å². The predicted octanol–water partition coefficient (Wildman–Crippen LogP) is 2.64. The lowest BCUT2D eigenvalue weighted by Crippen LogP contribution is -2.15. The van der Waals surface area contributed by atoms with Crippen molar-refractivity contribution in [2.24, 2.45) is 0 Å². The van der Waals surface area contributed by atoms with Crippen molar-refractivity contribution in [3.05, 3.63) is 57.3 Å². The molecule has 3 N–H and O–H groups in total. The van der Waals surface area contributed by atoms with Crippen molar-refractivity contribution in [2.45, 2.75) is 26.6 Å². The van der Waals surface area contributed by atoms with E-state index in [2.05, 4.69) is 26.2 Å². The molecule has 106 valence electrons. The molecule has 0 fully saturated rings. The Morgan fingerprint density at radius 3 is 2.55 bits per heavy atom. The molecule has 0 aliphatic rings. The first-order valence-electron chi connectivity index (χ1n) is 6.34. The molecule has 1 aromatic heterocycles. The van der Waals surface area contributed by atoms with Gasteiger partial charge in [0.25, 0.3) is 0 Å². The van der Waals surface area contributed by atoms with Crippen LogP contribution in [0.4, 0.5) is 0 Å². The van der Waals surface area contributed by atoms with Crippen LogP contribution in [0.1, 0.15) is 22.4 Å². The van der Waals surface area contributed by atoms with E-state index in [1.807, 2.05) is 24.3 Å². The lowest BCUT2D eigenvalue weighted by atomic mass is 10.1. The van der Waals surface area contributed by atoms with E-state index in [9.17, 15) is 10.2 Å². The summed E-state index contributed by atoms with van der Waals surface area (Å²) in [5, 5.41) is 22.6. The number of rotatable bonds is 5. The van der Waals surface area contributed by atoms with E-state index in [-0.39, 0.29) is 12.4 Å². The molecular formula is C15H17BrN2O2. The Labute approximate surface area is 126 Å². The summed E-state index contributed by atoms with van der Waals surface area (Å²) < 4.78 is 1.05. The number of benzene rings is 1. The summed E-state index contributed by atoms with van der Waals surface area (Å²) in [6, 6.07) is 8.04. The van der Waals surface area contributed by atoms with Crippen LogP contribution in [0.15, 0.2) is 34.9 Å². The normalized spacial score (nSPS) is 10.8. The molecule has 20 heavy (non-hydrogen) atoms. The number of hydrogen-bond donors (Lipinski definition) is 3. The first-order valence-corrected chi connectivity index (χ1v) is 7.13. The van der Waals surface area contributed by atoms with E-state index >= 15 is 0 Å². The number of aryl methyl sites for hydroxylation is 1. The third kappa shape index (κ3) is 3.56. The Morgan fingerprint density at radius 2 is 1.90 bits per heavy atom. The molecule has 1 aromatic carbocycles. The summed E-state index contributed by atoms with van der Waals surface area (Å²) >= 11 is 3.40. The minimum atomic E-state index is -0.129. The fraction of sp³-hybridized carbons (Fsp3) is 0.267. The van der Waals surface area contributed by atoms with Crippen LogP contribution in [0, 0.1) is 6.92 Å². The maximum absolute atomic E-state index is 10.0. The van der Waals surface area contributed by atoms with Gasteiger partial charge >= 0.3 is 0 Å². The van der Waals surface area contributed by atoms with Gasteiger partial charge in [-0.25, -0.2) is 0 Å². The van der Waals surface area contributed by atoms with Crippen LogP contribution < -0.4 is 5.32 Å². The number of aromatic hydroxyl groups is 1. The zero-order valence-corrected chi connectivity index (χ0v) is 12.8. The van der Waals surface area contributed by atoms with Crippen molar-refractivity contribution in [2.75, 3.05) is 0 Å². The zero-order chi connectivity index (χ0) is 14.5. The van der Waals surface area contributed by atoms with Crippen molar-refractivity contribution in [3.8, 4) is 5.75 Å². The van der Waals surface area contributed by atoms with Crippen LogP contribution in [-0.2, 0) is 19.7 Å². The number of aliphatic hydroxyl groups excluding tert-OH is 1. The van der Waals surface area contributed by atoms with Gasteiger partial charge in [-0.15, -0.1) is 0 Å². The molecule has 2 rings (SSSR count). The average Bonchev–Trinajstić information content (AvgIpc) is 2.46. The first-order chi connectivity index (χ1) is 9.61. The van der Waals surface area contributed by atoms with Gasteiger partial charge in [-0.05, 0) is 24.6 Å². The lowest BCUT2D eigenvalue weighted by molar-refractivity contribution is 0.278. The van der Waals surface area contributed by atoms with E-state index in [1.165, 1.54) is 0 Å². The van der Waals surface area contributed by atoms with Crippen LogP contribution in [0.3, 0.4) is 0 Å². The van der Waals surface area contributed by atoms with Gasteiger partial charge in [0.2, 0.25) is 0 Å². The third-order valence-electron chi connectivity index (χ3n) is 3.14. The van der Waals surface area contributed by atoms with Crippen molar-refractivity contribution >= 4 is 15.9 Å². The number of nitrogens with one attached hydrogen (secondary N) is 1. The summed E-state index contributed by atoms with van der Waals surface area (Å²) in [7, 11) is 0. The molecule has 0 bridgehead atoms. The van der Waals surface area contributed by atoms with Crippen molar-refractivity contribution < 1.29 is 10.2 Å². The fourth-order valence-electron chi connectivity index (χ4n) is 1.95. The second-order valence-corrected chi connectivity index (χ2v) is 5.50.